The van der Waals surface area contributed by atoms with Gasteiger partial charge in [-0.25, -0.2) is 4.98 Å². The van der Waals surface area contributed by atoms with E-state index in [4.69, 9.17) is 0 Å². The summed E-state index contributed by atoms with van der Waals surface area (Å²) >= 11 is 0. The number of aryl methyl sites for hydroxylation is 2. The zero-order chi connectivity index (χ0) is 15.5. The molecule has 0 unspecified atom stereocenters. The summed E-state index contributed by atoms with van der Waals surface area (Å²) in [5.41, 5.74) is 6.59. The number of nitrogens with zero attached hydrogens (tertiary/aromatic N) is 2. The Hall–Kier alpha value is -2.33. The van der Waals surface area contributed by atoms with Gasteiger partial charge in [-0.3, -0.25) is 0 Å². The van der Waals surface area contributed by atoms with Gasteiger partial charge in [0.05, 0.1) is 11.4 Å². The maximum Gasteiger partial charge on any atom is 0.160 e. The third kappa shape index (κ3) is 2.70. The first kappa shape index (κ1) is 14.6. The van der Waals surface area contributed by atoms with Crippen LogP contribution in [0.2, 0.25) is 0 Å². The van der Waals surface area contributed by atoms with Crippen LogP contribution in [0.1, 0.15) is 22.5 Å². The molecule has 4 heteroatoms. The predicted molar refractivity (Wildman–Crippen MR) is 89.2 cm³/mol. The summed E-state index contributed by atoms with van der Waals surface area (Å²) in [6.45, 7) is 5.00. The van der Waals surface area contributed by atoms with Gasteiger partial charge in [0.2, 0.25) is 0 Å². The Labute approximate surface area is 130 Å². The van der Waals surface area contributed by atoms with E-state index in [1.165, 1.54) is 16.8 Å². The SMILES string of the molecule is Cc1nc2c(NCc3ccccc3CCO)cccn2c1C. The minimum atomic E-state index is 0.172. The number of anilines is 1. The van der Waals surface area contributed by atoms with E-state index in [0.717, 1.165) is 23.6 Å². The van der Waals surface area contributed by atoms with Gasteiger partial charge >= 0.3 is 0 Å². The van der Waals surface area contributed by atoms with E-state index in [9.17, 15) is 5.11 Å². The Kier molecular flexibility index (Phi) is 4.11. The number of aliphatic hydroxyl groups excluding tert-OH is 1. The van der Waals surface area contributed by atoms with Crippen LogP contribution in [-0.4, -0.2) is 21.1 Å². The number of rotatable bonds is 5. The molecular formula is C18H21N3O. The fraction of sp³-hybridized carbons (Fsp3) is 0.278. The van der Waals surface area contributed by atoms with Crippen molar-refractivity contribution < 1.29 is 5.11 Å². The van der Waals surface area contributed by atoms with Crippen molar-refractivity contribution in [2.24, 2.45) is 0 Å². The van der Waals surface area contributed by atoms with Crippen LogP contribution >= 0.6 is 0 Å². The fourth-order valence-corrected chi connectivity index (χ4v) is 2.72. The molecule has 2 N–H and O–H groups in total. The molecule has 0 aliphatic heterocycles. The Morgan fingerprint density at radius 1 is 1.09 bits per heavy atom. The Bertz CT molecular complexity index is 792. The maximum absolute atomic E-state index is 9.17. The molecule has 1 aromatic carbocycles. The number of fused-ring (bicyclic) bond motifs is 1. The average molecular weight is 295 g/mol. The minimum Gasteiger partial charge on any atom is -0.396 e. The van der Waals surface area contributed by atoms with Gasteiger partial charge in [-0.1, -0.05) is 24.3 Å². The second-order valence-electron chi connectivity index (χ2n) is 5.49. The number of nitrogens with one attached hydrogen (secondary N) is 1. The van der Waals surface area contributed by atoms with Gasteiger partial charge in [-0.2, -0.15) is 0 Å². The molecule has 0 radical (unpaired) electrons. The normalized spacial score (nSPS) is 11.0. The summed E-state index contributed by atoms with van der Waals surface area (Å²) in [5.74, 6) is 0. The predicted octanol–water partition coefficient (Wildman–Crippen LogP) is 3.10. The Balaban J connectivity index is 1.87. The van der Waals surface area contributed by atoms with Crippen LogP contribution in [0.5, 0.6) is 0 Å². The highest BCUT2D eigenvalue weighted by atomic mass is 16.2. The van der Waals surface area contributed by atoms with Crippen molar-refractivity contribution in [2.75, 3.05) is 11.9 Å². The molecule has 0 bridgehead atoms. The van der Waals surface area contributed by atoms with Gasteiger partial charge in [0.25, 0.3) is 0 Å². The highest BCUT2D eigenvalue weighted by molar-refractivity contribution is 5.68. The van der Waals surface area contributed by atoms with Gasteiger partial charge in [-0.15, -0.1) is 0 Å². The van der Waals surface area contributed by atoms with Crippen molar-refractivity contribution in [1.29, 1.82) is 0 Å². The monoisotopic (exact) mass is 295 g/mol. The van der Waals surface area contributed by atoms with Crippen LogP contribution in [0.4, 0.5) is 5.69 Å². The van der Waals surface area contributed by atoms with E-state index < -0.39 is 0 Å². The molecule has 0 fully saturated rings. The zero-order valence-corrected chi connectivity index (χ0v) is 13.0. The largest absolute Gasteiger partial charge is 0.396 e. The lowest BCUT2D eigenvalue weighted by molar-refractivity contribution is 0.299. The summed E-state index contributed by atoms with van der Waals surface area (Å²) in [7, 11) is 0. The quantitative estimate of drug-likeness (QED) is 0.760. The molecular weight excluding hydrogens is 274 g/mol. The van der Waals surface area contributed by atoms with E-state index in [2.05, 4.69) is 39.8 Å². The smallest absolute Gasteiger partial charge is 0.160 e. The molecule has 4 nitrogen and oxygen atoms in total. The number of imidazole rings is 1. The number of hydrogen-bond donors (Lipinski definition) is 2. The number of aliphatic hydroxyl groups is 1. The van der Waals surface area contributed by atoms with Crippen molar-refractivity contribution in [1.82, 2.24) is 9.38 Å². The second kappa shape index (κ2) is 6.20. The fourth-order valence-electron chi connectivity index (χ4n) is 2.72. The Morgan fingerprint density at radius 2 is 1.86 bits per heavy atom. The summed E-state index contributed by atoms with van der Waals surface area (Å²) in [6, 6.07) is 12.3. The summed E-state index contributed by atoms with van der Waals surface area (Å²) in [6.07, 6.45) is 2.72. The highest BCUT2D eigenvalue weighted by Gasteiger charge is 2.08. The van der Waals surface area contributed by atoms with Crippen molar-refractivity contribution in [2.45, 2.75) is 26.8 Å². The molecule has 0 spiro atoms. The van der Waals surface area contributed by atoms with Crippen molar-refractivity contribution in [3.63, 3.8) is 0 Å². The molecule has 0 aliphatic rings. The van der Waals surface area contributed by atoms with Gasteiger partial charge in [0.1, 0.15) is 0 Å². The summed E-state index contributed by atoms with van der Waals surface area (Å²) in [4.78, 5) is 4.64. The number of benzene rings is 1. The molecule has 0 amide bonds. The maximum atomic E-state index is 9.17. The van der Waals surface area contributed by atoms with Crippen LogP contribution in [0.25, 0.3) is 5.65 Å². The summed E-state index contributed by atoms with van der Waals surface area (Å²) in [5, 5.41) is 12.6. The lowest BCUT2D eigenvalue weighted by Crippen LogP contribution is -2.05. The van der Waals surface area contributed by atoms with Crippen LogP contribution in [-0.2, 0) is 13.0 Å². The standard InChI is InChI=1S/C18H21N3O/c1-13-14(2)21-10-5-8-17(18(21)20-13)19-12-16-7-4-3-6-15(16)9-11-22/h3-8,10,19,22H,9,11-12H2,1-2H3. The lowest BCUT2D eigenvalue weighted by atomic mass is 10.0. The molecule has 2 heterocycles. The summed E-state index contributed by atoms with van der Waals surface area (Å²) < 4.78 is 2.11. The van der Waals surface area contributed by atoms with Crippen LogP contribution in [0, 0.1) is 13.8 Å². The molecule has 3 aromatic rings. The third-order valence-corrected chi connectivity index (χ3v) is 4.09. The molecule has 0 saturated heterocycles. The third-order valence-electron chi connectivity index (χ3n) is 4.09. The van der Waals surface area contributed by atoms with Crippen LogP contribution in [0.15, 0.2) is 42.6 Å². The topological polar surface area (TPSA) is 49.6 Å². The second-order valence-corrected chi connectivity index (χ2v) is 5.49. The van der Waals surface area contributed by atoms with Crippen LogP contribution < -0.4 is 5.32 Å². The van der Waals surface area contributed by atoms with Gasteiger partial charge in [-0.05, 0) is 43.5 Å². The molecule has 22 heavy (non-hydrogen) atoms. The first-order chi connectivity index (χ1) is 10.7. The average Bonchev–Trinajstić information content (AvgIpc) is 2.83. The van der Waals surface area contributed by atoms with E-state index in [-0.39, 0.29) is 6.61 Å². The molecule has 0 saturated carbocycles. The number of aromatic nitrogens is 2. The van der Waals surface area contributed by atoms with Crippen molar-refractivity contribution in [3.05, 3.63) is 65.1 Å². The van der Waals surface area contributed by atoms with Crippen molar-refractivity contribution >= 4 is 11.3 Å². The molecule has 114 valence electrons. The first-order valence-electron chi connectivity index (χ1n) is 7.56. The first-order valence-corrected chi connectivity index (χ1v) is 7.56. The molecule has 3 rings (SSSR count). The van der Waals surface area contributed by atoms with E-state index >= 15 is 0 Å². The molecule has 0 atom stereocenters. The van der Waals surface area contributed by atoms with E-state index in [1.807, 2.05) is 31.3 Å². The lowest BCUT2D eigenvalue weighted by Gasteiger charge is -2.11. The van der Waals surface area contributed by atoms with Crippen LogP contribution in [0.3, 0.4) is 0 Å². The van der Waals surface area contributed by atoms with Gasteiger partial charge < -0.3 is 14.8 Å². The van der Waals surface area contributed by atoms with E-state index in [0.29, 0.717) is 6.42 Å². The molecule has 2 aromatic heterocycles. The van der Waals surface area contributed by atoms with Gasteiger partial charge in [0.15, 0.2) is 5.65 Å². The van der Waals surface area contributed by atoms with E-state index in [1.54, 1.807) is 0 Å². The highest BCUT2D eigenvalue weighted by Crippen LogP contribution is 2.20. The minimum absolute atomic E-state index is 0.172. The number of hydrogen-bond acceptors (Lipinski definition) is 3. The van der Waals surface area contributed by atoms with Gasteiger partial charge in [0, 0.05) is 25.0 Å². The zero-order valence-electron chi connectivity index (χ0n) is 13.0. The van der Waals surface area contributed by atoms with Crippen molar-refractivity contribution in [3.8, 4) is 0 Å². The number of pyridine rings is 1. The Morgan fingerprint density at radius 3 is 2.64 bits per heavy atom. The molecule has 0 aliphatic carbocycles.